The number of aromatic hydroxyl groups is 1. The van der Waals surface area contributed by atoms with Crippen LogP contribution in [0.25, 0.3) is 11.0 Å². The minimum absolute atomic E-state index is 0.124. The van der Waals surface area contributed by atoms with Crippen LogP contribution in [0.4, 0.5) is 5.69 Å². The zero-order chi connectivity index (χ0) is 19.8. The third-order valence-electron chi connectivity index (χ3n) is 4.47. The van der Waals surface area contributed by atoms with E-state index in [-0.39, 0.29) is 11.4 Å². The highest BCUT2D eigenvalue weighted by atomic mass is 16.5. The number of phenolic OH excluding ortho intramolecular Hbond substituents is 1. The smallest absolute Gasteiger partial charge is 0.336 e. The number of benzene rings is 2. The molecular formula is C23H25NO4. The van der Waals surface area contributed by atoms with E-state index in [2.05, 4.69) is 11.9 Å². The molecule has 0 saturated carbocycles. The number of hydrogen-bond donors (Lipinski definition) is 1. The number of hydrogen-bond acceptors (Lipinski definition) is 5. The highest BCUT2D eigenvalue weighted by Gasteiger charge is 2.03. The largest absolute Gasteiger partial charge is 0.507 e. The fourth-order valence-corrected chi connectivity index (χ4v) is 2.90. The maximum absolute atomic E-state index is 11.2. The summed E-state index contributed by atoms with van der Waals surface area (Å²) >= 11 is 0. The molecule has 3 aromatic rings. The lowest BCUT2D eigenvalue weighted by Crippen LogP contribution is -1.97. The van der Waals surface area contributed by atoms with E-state index >= 15 is 0 Å². The first-order valence-electron chi connectivity index (χ1n) is 9.69. The summed E-state index contributed by atoms with van der Waals surface area (Å²) in [7, 11) is 0. The molecule has 0 saturated heterocycles. The molecular weight excluding hydrogens is 354 g/mol. The normalized spacial score (nSPS) is 11.3. The van der Waals surface area contributed by atoms with Gasteiger partial charge in [0, 0.05) is 29.3 Å². The van der Waals surface area contributed by atoms with E-state index in [4.69, 9.17) is 9.15 Å². The fraction of sp³-hybridized carbons (Fsp3) is 0.304. The van der Waals surface area contributed by atoms with Gasteiger partial charge in [-0.25, -0.2) is 4.79 Å². The van der Waals surface area contributed by atoms with Crippen LogP contribution in [0, 0.1) is 0 Å². The van der Waals surface area contributed by atoms with Crippen LogP contribution in [-0.4, -0.2) is 17.9 Å². The van der Waals surface area contributed by atoms with E-state index in [1.165, 1.54) is 31.7 Å². The second-order valence-corrected chi connectivity index (χ2v) is 6.72. The summed E-state index contributed by atoms with van der Waals surface area (Å²) in [4.78, 5) is 15.6. The van der Waals surface area contributed by atoms with Crippen LogP contribution < -0.4 is 10.4 Å². The Bertz CT molecular complexity index is 1010. The molecule has 5 nitrogen and oxygen atoms in total. The van der Waals surface area contributed by atoms with Crippen LogP contribution in [0.3, 0.4) is 0 Å². The zero-order valence-electron chi connectivity index (χ0n) is 16.1. The van der Waals surface area contributed by atoms with Gasteiger partial charge < -0.3 is 14.3 Å². The first-order chi connectivity index (χ1) is 13.7. The maximum Gasteiger partial charge on any atom is 0.336 e. The molecule has 1 heterocycles. The summed E-state index contributed by atoms with van der Waals surface area (Å²) in [6.07, 6.45) is 7.52. The van der Waals surface area contributed by atoms with Crippen molar-refractivity contribution in [2.24, 2.45) is 4.99 Å². The molecule has 0 amide bonds. The molecule has 2 aromatic carbocycles. The summed E-state index contributed by atoms with van der Waals surface area (Å²) < 4.78 is 10.8. The third-order valence-corrected chi connectivity index (χ3v) is 4.47. The summed E-state index contributed by atoms with van der Waals surface area (Å²) in [6.45, 7) is 2.85. The predicted molar refractivity (Wildman–Crippen MR) is 112 cm³/mol. The van der Waals surface area contributed by atoms with Gasteiger partial charge in [0.15, 0.2) is 0 Å². The van der Waals surface area contributed by atoms with Gasteiger partial charge in [-0.1, -0.05) is 32.6 Å². The van der Waals surface area contributed by atoms with Crippen molar-refractivity contribution in [1.82, 2.24) is 0 Å². The van der Waals surface area contributed by atoms with Crippen LogP contribution in [0.1, 0.15) is 44.6 Å². The van der Waals surface area contributed by atoms with Gasteiger partial charge in [-0.3, -0.25) is 4.99 Å². The SMILES string of the molecule is CCCCCCCOc1ccc(C=Nc2ccc3oc(=O)ccc3c2)c(O)c1. The third kappa shape index (κ3) is 5.46. The molecule has 1 N–H and O–H groups in total. The van der Waals surface area contributed by atoms with Gasteiger partial charge in [-0.2, -0.15) is 0 Å². The lowest BCUT2D eigenvalue weighted by molar-refractivity contribution is 0.303. The van der Waals surface area contributed by atoms with Crippen LogP contribution in [0.2, 0.25) is 0 Å². The minimum atomic E-state index is -0.378. The van der Waals surface area contributed by atoms with E-state index in [0.717, 1.165) is 11.8 Å². The highest BCUT2D eigenvalue weighted by Crippen LogP contribution is 2.24. The maximum atomic E-state index is 11.2. The van der Waals surface area contributed by atoms with Crippen molar-refractivity contribution < 1.29 is 14.3 Å². The van der Waals surface area contributed by atoms with Crippen molar-refractivity contribution in [2.45, 2.75) is 39.0 Å². The van der Waals surface area contributed by atoms with Gasteiger partial charge in [0.05, 0.1) is 12.3 Å². The molecule has 0 bridgehead atoms. The van der Waals surface area contributed by atoms with Crippen molar-refractivity contribution in [3.63, 3.8) is 0 Å². The Morgan fingerprint density at radius 2 is 1.89 bits per heavy atom. The van der Waals surface area contributed by atoms with Crippen molar-refractivity contribution in [2.75, 3.05) is 6.61 Å². The topological polar surface area (TPSA) is 72.0 Å². The van der Waals surface area contributed by atoms with E-state index < -0.39 is 0 Å². The first kappa shape index (κ1) is 19.7. The second-order valence-electron chi connectivity index (χ2n) is 6.72. The number of fused-ring (bicyclic) bond motifs is 1. The Hall–Kier alpha value is -3.08. The Labute approximate surface area is 164 Å². The van der Waals surface area contributed by atoms with Gasteiger partial charge in [0.2, 0.25) is 0 Å². The Balaban J connectivity index is 1.61. The summed E-state index contributed by atoms with van der Waals surface area (Å²) in [5, 5.41) is 11.0. The van der Waals surface area contributed by atoms with Gasteiger partial charge in [0.1, 0.15) is 17.1 Å². The standard InChI is InChI=1S/C23H25NO4/c1-2-3-4-5-6-13-27-20-10-7-18(21(25)15-20)16-24-19-9-11-22-17(14-19)8-12-23(26)28-22/h7-12,14-16,25H,2-6,13H2,1H3. The summed E-state index contributed by atoms with van der Waals surface area (Å²) in [5.74, 6) is 0.782. The molecule has 0 aliphatic heterocycles. The molecule has 0 aliphatic rings. The van der Waals surface area contributed by atoms with Crippen LogP contribution in [-0.2, 0) is 0 Å². The average molecular weight is 379 g/mol. The van der Waals surface area contributed by atoms with Crippen molar-refractivity contribution in [1.29, 1.82) is 0 Å². The van der Waals surface area contributed by atoms with Crippen LogP contribution in [0.15, 0.2) is 62.7 Å². The lowest BCUT2D eigenvalue weighted by Gasteiger charge is -2.07. The Morgan fingerprint density at radius 1 is 1.04 bits per heavy atom. The number of unbranched alkanes of at least 4 members (excludes halogenated alkanes) is 4. The van der Waals surface area contributed by atoms with E-state index in [1.807, 2.05) is 12.1 Å². The molecule has 28 heavy (non-hydrogen) atoms. The first-order valence-corrected chi connectivity index (χ1v) is 9.69. The molecule has 0 atom stereocenters. The fourth-order valence-electron chi connectivity index (χ4n) is 2.90. The number of rotatable bonds is 9. The molecule has 1 aromatic heterocycles. The second kappa shape index (κ2) is 9.74. The van der Waals surface area contributed by atoms with Crippen molar-refractivity contribution in [3.05, 3.63) is 64.5 Å². The van der Waals surface area contributed by atoms with E-state index in [9.17, 15) is 9.90 Å². The molecule has 0 aliphatic carbocycles. The van der Waals surface area contributed by atoms with Crippen molar-refractivity contribution >= 4 is 22.9 Å². The molecule has 0 unspecified atom stereocenters. The van der Waals surface area contributed by atoms with Crippen LogP contribution in [0.5, 0.6) is 11.5 Å². The summed E-state index contributed by atoms with van der Waals surface area (Å²) in [5.41, 5.74) is 1.45. The van der Waals surface area contributed by atoms with Crippen LogP contribution >= 0.6 is 0 Å². The molecule has 0 radical (unpaired) electrons. The quantitative estimate of drug-likeness (QED) is 0.298. The molecule has 0 fully saturated rings. The van der Waals surface area contributed by atoms with E-state index in [1.54, 1.807) is 36.5 Å². The van der Waals surface area contributed by atoms with Gasteiger partial charge in [0.25, 0.3) is 0 Å². The zero-order valence-corrected chi connectivity index (χ0v) is 16.1. The number of phenols is 1. The minimum Gasteiger partial charge on any atom is -0.507 e. The van der Waals surface area contributed by atoms with Gasteiger partial charge >= 0.3 is 5.63 Å². The molecule has 146 valence electrons. The highest BCUT2D eigenvalue weighted by molar-refractivity contribution is 5.87. The summed E-state index contributed by atoms with van der Waals surface area (Å²) in [6, 6.07) is 13.6. The lowest BCUT2D eigenvalue weighted by atomic mass is 10.2. The van der Waals surface area contributed by atoms with Gasteiger partial charge in [-0.05, 0) is 42.8 Å². The predicted octanol–water partition coefficient (Wildman–Crippen LogP) is 5.60. The molecule has 0 spiro atoms. The average Bonchev–Trinajstić information content (AvgIpc) is 2.70. The van der Waals surface area contributed by atoms with Crippen molar-refractivity contribution in [3.8, 4) is 11.5 Å². The molecule has 5 heteroatoms. The number of ether oxygens (including phenoxy) is 1. The monoisotopic (exact) mass is 379 g/mol. The van der Waals surface area contributed by atoms with E-state index in [0.29, 0.717) is 29.2 Å². The Morgan fingerprint density at radius 3 is 2.71 bits per heavy atom. The Kier molecular flexibility index (Phi) is 6.84. The number of nitrogens with zero attached hydrogens (tertiary/aromatic N) is 1. The van der Waals surface area contributed by atoms with Gasteiger partial charge in [-0.15, -0.1) is 0 Å². The molecule has 3 rings (SSSR count). The number of aliphatic imine (C=N–C) groups is 1.